The molecule has 9 heteroatoms. The first-order valence-corrected chi connectivity index (χ1v) is 12.2. The fourth-order valence-corrected chi connectivity index (χ4v) is 4.80. The van der Waals surface area contributed by atoms with E-state index in [0.29, 0.717) is 48.0 Å². The number of aromatic nitrogens is 5. The van der Waals surface area contributed by atoms with Crippen molar-refractivity contribution in [1.29, 1.82) is 0 Å². The molecule has 0 saturated carbocycles. The molecule has 1 atom stereocenters. The van der Waals surface area contributed by atoms with Gasteiger partial charge >= 0.3 is 0 Å². The number of nitrogens with one attached hydrogen (secondary N) is 1. The molecule has 3 aromatic carbocycles. The smallest absolute Gasteiger partial charge is 0.253 e. The average molecular weight is 495 g/mol. The van der Waals surface area contributed by atoms with E-state index in [1.165, 1.54) is 0 Å². The molecule has 186 valence electrons. The van der Waals surface area contributed by atoms with Crippen LogP contribution < -0.4 is 15.0 Å². The lowest BCUT2D eigenvalue weighted by atomic mass is 10.0. The molecule has 0 amide bonds. The number of pyridine rings is 1. The van der Waals surface area contributed by atoms with E-state index in [2.05, 4.69) is 44.5 Å². The van der Waals surface area contributed by atoms with Crippen molar-refractivity contribution in [1.82, 2.24) is 30.1 Å². The Morgan fingerprint density at radius 1 is 0.973 bits per heavy atom. The summed E-state index contributed by atoms with van der Waals surface area (Å²) in [4.78, 5) is 18.8. The van der Waals surface area contributed by atoms with Crippen molar-refractivity contribution >= 4 is 10.9 Å². The second kappa shape index (κ2) is 9.87. The Labute approximate surface area is 213 Å². The highest BCUT2D eigenvalue weighted by Crippen LogP contribution is 2.36. The first-order chi connectivity index (χ1) is 18.2. The highest BCUT2D eigenvalue weighted by atomic mass is 16.7. The molecule has 3 heterocycles. The van der Waals surface area contributed by atoms with Gasteiger partial charge in [0.05, 0.1) is 12.1 Å². The number of H-pyrrole nitrogens is 1. The summed E-state index contributed by atoms with van der Waals surface area (Å²) in [5.41, 5.74) is 3.26. The van der Waals surface area contributed by atoms with E-state index in [1.807, 2.05) is 60.7 Å². The van der Waals surface area contributed by atoms with Crippen molar-refractivity contribution in [2.45, 2.75) is 26.1 Å². The van der Waals surface area contributed by atoms with Gasteiger partial charge in [-0.05, 0) is 40.2 Å². The van der Waals surface area contributed by atoms with E-state index in [9.17, 15) is 4.79 Å². The van der Waals surface area contributed by atoms with Crippen LogP contribution in [0.4, 0.5) is 0 Å². The normalized spacial score (nSPS) is 13.4. The third-order valence-electron chi connectivity index (χ3n) is 6.64. The molecule has 0 fully saturated rings. The maximum Gasteiger partial charge on any atom is 0.253 e. The summed E-state index contributed by atoms with van der Waals surface area (Å²) in [6, 6.07) is 25.3. The van der Waals surface area contributed by atoms with Crippen molar-refractivity contribution in [2.75, 3.05) is 13.3 Å². The number of nitrogens with zero attached hydrogens (tertiary/aromatic N) is 5. The van der Waals surface area contributed by atoms with Crippen LogP contribution in [0, 0.1) is 0 Å². The first kappa shape index (κ1) is 22.9. The number of ether oxygens (including phenoxy) is 2. The Kier molecular flexibility index (Phi) is 6.11. The van der Waals surface area contributed by atoms with Gasteiger partial charge < -0.3 is 14.5 Å². The Morgan fingerprint density at radius 3 is 2.41 bits per heavy atom. The van der Waals surface area contributed by atoms with Gasteiger partial charge in [-0.25, -0.2) is 4.68 Å². The molecule has 1 aliphatic rings. The molecular formula is C28H26N6O3. The Morgan fingerprint density at radius 2 is 1.68 bits per heavy atom. The van der Waals surface area contributed by atoms with Crippen LogP contribution in [0.25, 0.3) is 10.9 Å². The lowest BCUT2D eigenvalue weighted by Crippen LogP contribution is -2.35. The number of hydrogen-bond donors (Lipinski definition) is 1. The second-order valence-corrected chi connectivity index (χ2v) is 8.98. The van der Waals surface area contributed by atoms with Gasteiger partial charge in [-0.1, -0.05) is 67.6 Å². The molecule has 0 aliphatic carbocycles. The predicted octanol–water partition coefficient (Wildman–Crippen LogP) is 3.90. The predicted molar refractivity (Wildman–Crippen MR) is 138 cm³/mol. The van der Waals surface area contributed by atoms with E-state index in [-0.39, 0.29) is 12.4 Å². The molecule has 1 N–H and O–H groups in total. The van der Waals surface area contributed by atoms with Crippen LogP contribution in [0.15, 0.2) is 83.7 Å². The summed E-state index contributed by atoms with van der Waals surface area (Å²) >= 11 is 0. The lowest BCUT2D eigenvalue weighted by Gasteiger charge is -2.30. The van der Waals surface area contributed by atoms with Crippen molar-refractivity contribution < 1.29 is 9.47 Å². The Balaban J connectivity index is 1.48. The molecular weight excluding hydrogens is 468 g/mol. The summed E-state index contributed by atoms with van der Waals surface area (Å²) < 4.78 is 12.9. The van der Waals surface area contributed by atoms with Crippen molar-refractivity contribution in [2.24, 2.45) is 0 Å². The molecule has 6 rings (SSSR count). The number of tetrazole rings is 1. The summed E-state index contributed by atoms with van der Waals surface area (Å²) in [5.74, 6) is 1.89. The third-order valence-corrected chi connectivity index (χ3v) is 6.64. The van der Waals surface area contributed by atoms with Gasteiger partial charge in [-0.15, -0.1) is 5.10 Å². The maximum atomic E-state index is 13.6. The summed E-state index contributed by atoms with van der Waals surface area (Å²) in [5, 5.41) is 13.6. The monoisotopic (exact) mass is 494 g/mol. The second-order valence-electron chi connectivity index (χ2n) is 8.98. The van der Waals surface area contributed by atoms with Crippen molar-refractivity contribution in [3.63, 3.8) is 0 Å². The number of fused-ring (bicyclic) bond motifs is 2. The summed E-state index contributed by atoms with van der Waals surface area (Å²) in [6.07, 6.45) is 0. The van der Waals surface area contributed by atoms with Crippen molar-refractivity contribution in [3.8, 4) is 11.5 Å². The molecule has 0 spiro atoms. The minimum absolute atomic E-state index is 0.167. The average Bonchev–Trinajstić information content (AvgIpc) is 3.57. The molecule has 37 heavy (non-hydrogen) atoms. The van der Waals surface area contributed by atoms with Gasteiger partial charge in [-0.2, -0.15) is 0 Å². The standard InChI is InChI=1S/C28H26N6O3/c1-2-33(16-19-9-5-3-6-10-19)26(27-30-31-32-34(27)17-20-11-7-4-8-12-20)22-13-21-14-24-25(37-18-36-24)15-23(21)29-28(22)35/h3-15,26H,2,16-18H2,1H3,(H,29,35)/t26-/m1/s1. The van der Waals surface area contributed by atoms with Gasteiger partial charge in [-0.3, -0.25) is 9.69 Å². The number of aromatic amines is 1. The number of benzene rings is 3. The fraction of sp³-hybridized carbons (Fsp3) is 0.214. The van der Waals surface area contributed by atoms with Gasteiger partial charge in [0.15, 0.2) is 17.3 Å². The van der Waals surface area contributed by atoms with Gasteiger partial charge in [0.25, 0.3) is 5.56 Å². The van der Waals surface area contributed by atoms with E-state index in [0.717, 1.165) is 16.5 Å². The van der Waals surface area contributed by atoms with Gasteiger partial charge in [0.1, 0.15) is 6.04 Å². The molecule has 2 aromatic heterocycles. The highest BCUT2D eigenvalue weighted by Gasteiger charge is 2.30. The van der Waals surface area contributed by atoms with Crippen LogP contribution >= 0.6 is 0 Å². The Hall–Kier alpha value is -4.50. The zero-order valence-corrected chi connectivity index (χ0v) is 20.4. The van der Waals surface area contributed by atoms with E-state index in [1.54, 1.807) is 10.7 Å². The minimum atomic E-state index is -0.484. The summed E-state index contributed by atoms with van der Waals surface area (Å²) in [7, 11) is 0. The van der Waals surface area contributed by atoms with Crippen LogP contribution in [0.2, 0.25) is 0 Å². The van der Waals surface area contributed by atoms with Crippen LogP contribution in [-0.2, 0) is 13.1 Å². The summed E-state index contributed by atoms with van der Waals surface area (Å²) in [6.45, 7) is 4.04. The van der Waals surface area contributed by atoms with E-state index in [4.69, 9.17) is 9.47 Å². The molecule has 0 saturated heterocycles. The maximum absolute atomic E-state index is 13.6. The third kappa shape index (κ3) is 4.56. The van der Waals surface area contributed by atoms with Crippen LogP contribution in [0.1, 0.15) is 35.5 Å². The van der Waals surface area contributed by atoms with Crippen LogP contribution in [0.3, 0.4) is 0 Å². The van der Waals surface area contributed by atoms with Crippen LogP contribution in [0.5, 0.6) is 11.5 Å². The molecule has 9 nitrogen and oxygen atoms in total. The minimum Gasteiger partial charge on any atom is -0.454 e. The molecule has 0 unspecified atom stereocenters. The fourth-order valence-electron chi connectivity index (χ4n) is 4.80. The molecule has 0 radical (unpaired) electrons. The largest absolute Gasteiger partial charge is 0.454 e. The van der Waals surface area contributed by atoms with Crippen LogP contribution in [-0.4, -0.2) is 43.4 Å². The molecule has 0 bridgehead atoms. The SMILES string of the molecule is CCN(Cc1ccccc1)[C@H](c1cc2cc3c(cc2[nH]c1=O)OCO3)c1nnnn1Cc1ccccc1. The van der Waals surface area contributed by atoms with E-state index < -0.39 is 6.04 Å². The Bertz CT molecular complexity index is 1580. The quantitative estimate of drug-likeness (QED) is 0.349. The first-order valence-electron chi connectivity index (χ1n) is 12.2. The van der Waals surface area contributed by atoms with Gasteiger partial charge in [0.2, 0.25) is 6.79 Å². The molecule has 5 aromatic rings. The lowest BCUT2D eigenvalue weighted by molar-refractivity contribution is 0.174. The number of rotatable bonds is 8. The number of hydrogen-bond acceptors (Lipinski definition) is 7. The topological polar surface area (TPSA) is 98.2 Å². The van der Waals surface area contributed by atoms with Gasteiger partial charge in [0, 0.05) is 23.6 Å². The zero-order chi connectivity index (χ0) is 25.2. The zero-order valence-electron chi connectivity index (χ0n) is 20.4. The van der Waals surface area contributed by atoms with E-state index >= 15 is 0 Å². The molecule has 1 aliphatic heterocycles. The van der Waals surface area contributed by atoms with Crippen molar-refractivity contribution in [3.05, 3.63) is 112 Å². The highest BCUT2D eigenvalue weighted by molar-refractivity contribution is 5.83.